The van der Waals surface area contributed by atoms with E-state index in [-0.39, 0.29) is 55.4 Å². The number of carbonyl (C=O) groups is 3. The number of nitrogens with one attached hydrogen (secondary N) is 2. The van der Waals surface area contributed by atoms with Crippen molar-refractivity contribution in [2.45, 2.75) is 51.1 Å². The Morgan fingerprint density at radius 2 is 1.79 bits per heavy atom. The highest BCUT2D eigenvalue weighted by Crippen LogP contribution is 2.33. The Bertz CT molecular complexity index is 1200. The SMILES string of the molecule is CC(c1cccc2ccccc12)N1CCC(N(CC(=O)NCC(=O)NC/C=C/C#N)C(=O)C2CCC2)CC1. The summed E-state index contributed by atoms with van der Waals surface area (Å²) in [6.07, 6.45) is 7.26. The number of likely N-dealkylation sites (tertiary alicyclic amines) is 1. The van der Waals surface area contributed by atoms with Gasteiger partial charge in [-0.15, -0.1) is 0 Å². The molecule has 1 heterocycles. The fourth-order valence-electron chi connectivity index (χ4n) is 5.41. The summed E-state index contributed by atoms with van der Waals surface area (Å²) in [6.45, 7) is 3.98. The van der Waals surface area contributed by atoms with Gasteiger partial charge in [0.05, 0.1) is 19.2 Å². The van der Waals surface area contributed by atoms with Crippen LogP contribution in [-0.2, 0) is 14.4 Å². The summed E-state index contributed by atoms with van der Waals surface area (Å²) in [5.74, 6) is -0.593. The summed E-state index contributed by atoms with van der Waals surface area (Å²) >= 11 is 0. The van der Waals surface area contributed by atoms with Gasteiger partial charge in [-0.25, -0.2) is 0 Å². The summed E-state index contributed by atoms with van der Waals surface area (Å²) in [4.78, 5) is 42.2. The second-order valence-electron chi connectivity index (χ2n) is 10.2. The van der Waals surface area contributed by atoms with E-state index in [1.807, 2.05) is 6.07 Å². The minimum absolute atomic E-state index is 0.00524. The molecule has 2 aliphatic rings. The molecule has 2 N–H and O–H groups in total. The van der Waals surface area contributed by atoms with Crippen molar-refractivity contribution >= 4 is 28.5 Å². The highest BCUT2D eigenvalue weighted by molar-refractivity contribution is 5.89. The van der Waals surface area contributed by atoms with E-state index in [0.717, 1.165) is 45.2 Å². The number of benzene rings is 2. The number of nitriles is 1. The van der Waals surface area contributed by atoms with E-state index in [2.05, 4.69) is 64.9 Å². The third-order valence-corrected chi connectivity index (χ3v) is 7.87. The molecule has 8 heteroatoms. The van der Waals surface area contributed by atoms with Crippen molar-refractivity contribution in [2.24, 2.45) is 5.92 Å². The van der Waals surface area contributed by atoms with Crippen molar-refractivity contribution in [1.29, 1.82) is 5.26 Å². The van der Waals surface area contributed by atoms with Gasteiger partial charge < -0.3 is 15.5 Å². The molecule has 38 heavy (non-hydrogen) atoms. The lowest BCUT2D eigenvalue weighted by Crippen LogP contribution is -2.53. The van der Waals surface area contributed by atoms with Gasteiger partial charge in [0.25, 0.3) is 0 Å². The molecule has 0 spiro atoms. The van der Waals surface area contributed by atoms with Gasteiger partial charge in [-0.05, 0) is 48.9 Å². The van der Waals surface area contributed by atoms with Gasteiger partial charge in [0.2, 0.25) is 17.7 Å². The monoisotopic (exact) mass is 515 g/mol. The molecule has 0 aromatic heterocycles. The second-order valence-corrected chi connectivity index (χ2v) is 10.2. The molecule has 3 amide bonds. The summed E-state index contributed by atoms with van der Waals surface area (Å²) in [5, 5.41) is 16.3. The molecule has 0 bridgehead atoms. The van der Waals surface area contributed by atoms with Crippen LogP contribution in [0.15, 0.2) is 54.6 Å². The smallest absolute Gasteiger partial charge is 0.240 e. The van der Waals surface area contributed by atoms with Gasteiger partial charge >= 0.3 is 0 Å². The van der Waals surface area contributed by atoms with E-state index in [9.17, 15) is 14.4 Å². The fraction of sp³-hybridized carbons (Fsp3) is 0.467. The quantitative estimate of drug-likeness (QED) is 0.473. The minimum atomic E-state index is -0.339. The van der Waals surface area contributed by atoms with Crippen molar-refractivity contribution in [3.8, 4) is 6.07 Å². The number of piperidine rings is 1. The molecule has 8 nitrogen and oxygen atoms in total. The normalized spacial score (nSPS) is 17.5. The zero-order valence-corrected chi connectivity index (χ0v) is 22.1. The van der Waals surface area contributed by atoms with E-state index < -0.39 is 0 Å². The van der Waals surface area contributed by atoms with Gasteiger partial charge in [-0.3, -0.25) is 19.3 Å². The lowest BCUT2D eigenvalue weighted by atomic mass is 9.83. The number of hydrogen-bond donors (Lipinski definition) is 2. The van der Waals surface area contributed by atoms with Gasteiger partial charge in [0, 0.05) is 43.7 Å². The number of fused-ring (bicyclic) bond motifs is 1. The maximum atomic E-state index is 13.3. The summed E-state index contributed by atoms with van der Waals surface area (Å²) < 4.78 is 0. The highest BCUT2D eigenvalue weighted by Gasteiger charge is 2.36. The number of rotatable bonds is 10. The van der Waals surface area contributed by atoms with Crippen LogP contribution in [0.1, 0.15) is 50.6 Å². The topological polar surface area (TPSA) is 106 Å². The van der Waals surface area contributed by atoms with E-state index in [1.54, 1.807) is 4.90 Å². The van der Waals surface area contributed by atoms with Crippen molar-refractivity contribution in [1.82, 2.24) is 20.4 Å². The zero-order valence-electron chi connectivity index (χ0n) is 22.1. The third-order valence-electron chi connectivity index (χ3n) is 7.87. The first-order valence-electron chi connectivity index (χ1n) is 13.6. The number of allylic oxidation sites excluding steroid dienone is 1. The molecular formula is C30H37N5O3. The third kappa shape index (κ3) is 6.78. The van der Waals surface area contributed by atoms with E-state index in [1.165, 1.54) is 28.5 Å². The average Bonchev–Trinajstić information content (AvgIpc) is 2.91. The number of hydrogen-bond acceptors (Lipinski definition) is 5. The van der Waals surface area contributed by atoms with Crippen LogP contribution in [0.4, 0.5) is 0 Å². The Labute approximate surface area is 224 Å². The molecule has 1 aliphatic carbocycles. The molecule has 0 radical (unpaired) electrons. The summed E-state index contributed by atoms with van der Waals surface area (Å²) in [5.41, 5.74) is 1.31. The molecule has 1 saturated heterocycles. The van der Waals surface area contributed by atoms with E-state index in [4.69, 9.17) is 5.26 Å². The molecule has 1 saturated carbocycles. The van der Waals surface area contributed by atoms with Gasteiger partial charge in [-0.1, -0.05) is 55.0 Å². The van der Waals surface area contributed by atoms with Crippen LogP contribution in [0.3, 0.4) is 0 Å². The van der Waals surface area contributed by atoms with Crippen molar-refractivity contribution in [3.05, 3.63) is 60.2 Å². The molecule has 1 aliphatic heterocycles. The van der Waals surface area contributed by atoms with Crippen molar-refractivity contribution in [3.63, 3.8) is 0 Å². The van der Waals surface area contributed by atoms with Crippen LogP contribution < -0.4 is 10.6 Å². The second kappa shape index (κ2) is 13.2. The van der Waals surface area contributed by atoms with Crippen LogP contribution in [0.25, 0.3) is 10.8 Å². The predicted octanol–water partition coefficient (Wildman–Crippen LogP) is 3.31. The maximum absolute atomic E-state index is 13.3. The number of nitrogens with zero attached hydrogens (tertiary/aromatic N) is 3. The van der Waals surface area contributed by atoms with Crippen LogP contribution in [0, 0.1) is 17.2 Å². The standard InChI is InChI=1S/C30H37N5O3/c1-22(26-13-7-9-23-8-2-3-12-27(23)26)34-18-14-25(15-19-34)35(30(38)24-10-6-11-24)21-29(37)33-20-28(36)32-17-5-4-16-31/h2-5,7-9,12-13,22,24-25H,6,10-11,14-15,17-21H2,1H3,(H,32,36)(H,33,37)/b5-4+. The molecule has 1 atom stereocenters. The number of carbonyl (C=O) groups excluding carboxylic acids is 3. The van der Waals surface area contributed by atoms with Crippen LogP contribution in [0.5, 0.6) is 0 Å². The Morgan fingerprint density at radius 3 is 2.50 bits per heavy atom. The first kappa shape index (κ1) is 27.3. The van der Waals surface area contributed by atoms with Crippen molar-refractivity contribution < 1.29 is 14.4 Å². The van der Waals surface area contributed by atoms with Crippen LogP contribution in [0.2, 0.25) is 0 Å². The predicted molar refractivity (Wildman–Crippen MR) is 147 cm³/mol. The largest absolute Gasteiger partial charge is 0.351 e. The van der Waals surface area contributed by atoms with Gasteiger partial charge in [-0.2, -0.15) is 5.26 Å². The molecule has 200 valence electrons. The number of amides is 3. The first-order chi connectivity index (χ1) is 18.5. The average molecular weight is 516 g/mol. The minimum Gasteiger partial charge on any atom is -0.351 e. The van der Waals surface area contributed by atoms with Gasteiger partial charge in [0.15, 0.2) is 0 Å². The summed E-state index contributed by atoms with van der Waals surface area (Å²) in [6, 6.07) is 17.0. The molecule has 2 aromatic carbocycles. The van der Waals surface area contributed by atoms with E-state index in [0.29, 0.717) is 0 Å². The molecule has 4 rings (SSSR count). The Kier molecular flexibility index (Phi) is 9.50. The Morgan fingerprint density at radius 1 is 1.05 bits per heavy atom. The van der Waals surface area contributed by atoms with Gasteiger partial charge in [0.1, 0.15) is 0 Å². The zero-order chi connectivity index (χ0) is 26.9. The fourth-order valence-corrected chi connectivity index (χ4v) is 5.41. The Hall–Kier alpha value is -3.70. The molecular weight excluding hydrogens is 478 g/mol. The van der Waals surface area contributed by atoms with Crippen LogP contribution >= 0.6 is 0 Å². The highest BCUT2D eigenvalue weighted by atomic mass is 16.2. The van der Waals surface area contributed by atoms with E-state index >= 15 is 0 Å². The Balaban J connectivity index is 1.34. The maximum Gasteiger partial charge on any atom is 0.240 e. The molecule has 2 fully saturated rings. The van der Waals surface area contributed by atoms with Crippen LogP contribution in [-0.4, -0.2) is 66.3 Å². The van der Waals surface area contributed by atoms with Crippen molar-refractivity contribution in [2.75, 3.05) is 32.7 Å². The molecule has 1 unspecified atom stereocenters. The first-order valence-corrected chi connectivity index (χ1v) is 13.6. The lowest BCUT2D eigenvalue weighted by Gasteiger charge is -2.42. The molecule has 2 aromatic rings. The lowest BCUT2D eigenvalue weighted by molar-refractivity contribution is -0.145. The summed E-state index contributed by atoms with van der Waals surface area (Å²) in [7, 11) is 0.